The first-order valence-electron chi connectivity index (χ1n) is 4.47. The molecule has 0 aliphatic heterocycles. The fraction of sp³-hybridized carbons (Fsp3) is 0.200. The largest absolute Gasteiger partial charge is 0.494 e. The van der Waals surface area contributed by atoms with Crippen LogP contribution in [0.1, 0.15) is 5.89 Å². The van der Waals surface area contributed by atoms with E-state index in [0.29, 0.717) is 11.5 Å². The average molecular weight is 243 g/mol. The lowest BCUT2D eigenvalue weighted by atomic mass is 10.2. The van der Waals surface area contributed by atoms with Crippen LogP contribution < -0.4 is 4.74 Å². The Bertz CT molecular complexity index is 501. The molecule has 0 atom stereocenters. The first kappa shape index (κ1) is 10.9. The molecule has 2 rings (SSSR count). The summed E-state index contributed by atoms with van der Waals surface area (Å²) in [5.74, 6) is 0.436. The predicted molar refractivity (Wildman–Crippen MR) is 55.8 cm³/mol. The lowest BCUT2D eigenvalue weighted by Crippen LogP contribution is -1.88. The van der Waals surface area contributed by atoms with Crippen LogP contribution in [0.25, 0.3) is 11.5 Å². The Morgan fingerprint density at radius 2 is 2.25 bits per heavy atom. The molecule has 0 aliphatic rings. The van der Waals surface area contributed by atoms with Crippen LogP contribution in [0.15, 0.2) is 22.6 Å². The monoisotopic (exact) mass is 242 g/mol. The van der Waals surface area contributed by atoms with Crippen LogP contribution >= 0.6 is 11.6 Å². The lowest BCUT2D eigenvalue weighted by Gasteiger charge is -2.02. The van der Waals surface area contributed by atoms with Crippen molar-refractivity contribution in [2.24, 2.45) is 0 Å². The van der Waals surface area contributed by atoms with Gasteiger partial charge in [0.2, 0.25) is 11.8 Å². The molecule has 84 valence electrons. The van der Waals surface area contributed by atoms with Crippen molar-refractivity contribution in [1.82, 2.24) is 10.2 Å². The lowest BCUT2D eigenvalue weighted by molar-refractivity contribution is 0.386. The fourth-order valence-electron chi connectivity index (χ4n) is 1.22. The van der Waals surface area contributed by atoms with E-state index in [1.54, 1.807) is 0 Å². The first-order valence-corrected chi connectivity index (χ1v) is 5.00. The van der Waals surface area contributed by atoms with Crippen molar-refractivity contribution < 1.29 is 13.5 Å². The molecule has 0 aliphatic carbocycles. The Labute approximate surface area is 96.0 Å². The fourth-order valence-corrected chi connectivity index (χ4v) is 1.33. The van der Waals surface area contributed by atoms with Gasteiger partial charge in [0.1, 0.15) is 5.88 Å². The van der Waals surface area contributed by atoms with Crippen LogP contribution in [0, 0.1) is 5.82 Å². The summed E-state index contributed by atoms with van der Waals surface area (Å²) in [5.41, 5.74) is 0.585. The summed E-state index contributed by atoms with van der Waals surface area (Å²) >= 11 is 5.53. The van der Waals surface area contributed by atoms with Crippen LogP contribution in [-0.2, 0) is 5.88 Å². The van der Waals surface area contributed by atoms with Crippen LogP contribution in [0.3, 0.4) is 0 Å². The van der Waals surface area contributed by atoms with Gasteiger partial charge in [-0.1, -0.05) is 0 Å². The Morgan fingerprint density at radius 3 is 2.88 bits per heavy atom. The molecule has 0 unspecified atom stereocenters. The van der Waals surface area contributed by atoms with Gasteiger partial charge in [-0.15, -0.1) is 21.8 Å². The minimum atomic E-state index is -0.441. The Balaban J connectivity index is 2.40. The Kier molecular flexibility index (Phi) is 3.05. The molecule has 0 fully saturated rings. The van der Waals surface area contributed by atoms with Gasteiger partial charge in [-0.05, 0) is 18.2 Å². The zero-order chi connectivity index (χ0) is 11.5. The van der Waals surface area contributed by atoms with Gasteiger partial charge < -0.3 is 9.15 Å². The van der Waals surface area contributed by atoms with Crippen molar-refractivity contribution in [3.63, 3.8) is 0 Å². The van der Waals surface area contributed by atoms with Crippen molar-refractivity contribution in [2.75, 3.05) is 7.11 Å². The third-order valence-electron chi connectivity index (χ3n) is 1.98. The van der Waals surface area contributed by atoms with Gasteiger partial charge in [0, 0.05) is 5.56 Å². The van der Waals surface area contributed by atoms with Crippen molar-refractivity contribution in [2.45, 2.75) is 5.88 Å². The molecule has 6 heteroatoms. The minimum Gasteiger partial charge on any atom is -0.494 e. The molecule has 16 heavy (non-hydrogen) atoms. The Hall–Kier alpha value is -1.62. The topological polar surface area (TPSA) is 48.2 Å². The molecule has 1 aromatic carbocycles. The SMILES string of the molecule is COc1cc(-c2nnc(CCl)o2)ccc1F. The van der Waals surface area contributed by atoms with Gasteiger partial charge in [-0.3, -0.25) is 0 Å². The molecule has 4 nitrogen and oxygen atoms in total. The number of halogens is 2. The molecule has 0 saturated carbocycles. The second-order valence-electron chi connectivity index (χ2n) is 2.98. The van der Waals surface area contributed by atoms with Gasteiger partial charge in [-0.2, -0.15) is 0 Å². The maximum absolute atomic E-state index is 13.1. The number of nitrogens with zero attached hydrogens (tertiary/aromatic N) is 2. The summed E-state index contributed by atoms with van der Waals surface area (Å²) < 4.78 is 23.2. The molecule has 1 heterocycles. The van der Waals surface area contributed by atoms with E-state index >= 15 is 0 Å². The Morgan fingerprint density at radius 1 is 1.44 bits per heavy atom. The van der Waals surface area contributed by atoms with E-state index in [1.165, 1.54) is 25.3 Å². The number of rotatable bonds is 3. The number of hydrogen-bond acceptors (Lipinski definition) is 4. The first-order chi connectivity index (χ1) is 7.74. The van der Waals surface area contributed by atoms with Crippen LogP contribution in [-0.4, -0.2) is 17.3 Å². The van der Waals surface area contributed by atoms with Crippen molar-refractivity contribution in [3.05, 3.63) is 29.9 Å². The van der Waals surface area contributed by atoms with E-state index in [9.17, 15) is 4.39 Å². The summed E-state index contributed by atoms with van der Waals surface area (Å²) in [7, 11) is 1.39. The standard InChI is InChI=1S/C10H8ClFN2O2/c1-15-8-4-6(2-3-7(8)12)10-14-13-9(5-11)16-10/h2-4H,5H2,1H3. The van der Waals surface area contributed by atoms with E-state index in [0.717, 1.165) is 0 Å². The summed E-state index contributed by atoms with van der Waals surface area (Å²) in [6.45, 7) is 0. The maximum atomic E-state index is 13.1. The zero-order valence-electron chi connectivity index (χ0n) is 8.41. The quantitative estimate of drug-likeness (QED) is 0.777. The predicted octanol–water partition coefficient (Wildman–Crippen LogP) is 2.62. The highest BCUT2D eigenvalue weighted by Crippen LogP contribution is 2.25. The number of ether oxygens (including phenoxy) is 1. The van der Waals surface area contributed by atoms with Crippen molar-refractivity contribution in [3.8, 4) is 17.2 Å². The van der Waals surface area contributed by atoms with E-state index < -0.39 is 5.82 Å². The van der Waals surface area contributed by atoms with E-state index in [1.807, 2.05) is 0 Å². The number of alkyl halides is 1. The summed E-state index contributed by atoms with van der Waals surface area (Å²) in [6, 6.07) is 4.29. The third kappa shape index (κ3) is 1.99. The van der Waals surface area contributed by atoms with E-state index in [4.69, 9.17) is 20.8 Å². The van der Waals surface area contributed by atoms with Crippen LogP contribution in [0.5, 0.6) is 5.75 Å². The highest BCUT2D eigenvalue weighted by atomic mass is 35.5. The highest BCUT2D eigenvalue weighted by molar-refractivity contribution is 6.16. The minimum absolute atomic E-state index is 0.128. The van der Waals surface area contributed by atoms with Crippen molar-refractivity contribution in [1.29, 1.82) is 0 Å². The van der Waals surface area contributed by atoms with Gasteiger partial charge in [0.15, 0.2) is 11.6 Å². The van der Waals surface area contributed by atoms with E-state index in [-0.39, 0.29) is 17.5 Å². The smallest absolute Gasteiger partial charge is 0.247 e. The normalized spacial score (nSPS) is 10.4. The van der Waals surface area contributed by atoms with E-state index in [2.05, 4.69) is 10.2 Å². The number of aromatic nitrogens is 2. The number of hydrogen-bond donors (Lipinski definition) is 0. The average Bonchev–Trinajstić information content (AvgIpc) is 2.78. The van der Waals surface area contributed by atoms with Gasteiger partial charge in [-0.25, -0.2) is 4.39 Å². The molecule has 2 aromatic rings. The molecule has 0 spiro atoms. The summed E-state index contributed by atoms with van der Waals surface area (Å²) in [5, 5.41) is 7.49. The molecule has 1 aromatic heterocycles. The van der Waals surface area contributed by atoms with Crippen LogP contribution in [0.2, 0.25) is 0 Å². The second kappa shape index (κ2) is 4.49. The number of methoxy groups -OCH3 is 1. The summed E-state index contributed by atoms with van der Waals surface area (Å²) in [6.07, 6.45) is 0. The summed E-state index contributed by atoms with van der Waals surface area (Å²) in [4.78, 5) is 0. The third-order valence-corrected chi connectivity index (χ3v) is 2.21. The van der Waals surface area contributed by atoms with Gasteiger partial charge in [0.25, 0.3) is 0 Å². The highest BCUT2D eigenvalue weighted by Gasteiger charge is 2.10. The second-order valence-corrected chi connectivity index (χ2v) is 3.25. The van der Waals surface area contributed by atoms with Crippen molar-refractivity contribution >= 4 is 11.6 Å². The van der Waals surface area contributed by atoms with Crippen LogP contribution in [0.4, 0.5) is 4.39 Å². The molecule has 0 saturated heterocycles. The molecular formula is C10H8ClFN2O2. The maximum Gasteiger partial charge on any atom is 0.247 e. The molecule has 0 bridgehead atoms. The van der Waals surface area contributed by atoms with Gasteiger partial charge >= 0.3 is 0 Å². The van der Waals surface area contributed by atoms with Gasteiger partial charge in [0.05, 0.1) is 7.11 Å². The number of benzene rings is 1. The molecule has 0 amide bonds. The molecule has 0 radical (unpaired) electrons. The molecule has 0 N–H and O–H groups in total. The zero-order valence-corrected chi connectivity index (χ0v) is 9.16. The molecular weight excluding hydrogens is 235 g/mol.